The molecule has 0 bridgehead atoms. The van der Waals surface area contributed by atoms with Crippen molar-refractivity contribution in [1.29, 1.82) is 0 Å². The van der Waals surface area contributed by atoms with E-state index in [4.69, 9.17) is 14.6 Å². The number of methoxy groups -OCH3 is 1. The average Bonchev–Trinajstić information content (AvgIpc) is 2.52. The Kier molecular flexibility index (Phi) is 5.57. The Morgan fingerprint density at radius 2 is 1.83 bits per heavy atom. The maximum atomic E-state index is 13.9. The maximum Gasteiger partial charge on any atom is 0.238 e. The first-order chi connectivity index (χ1) is 10.9. The summed E-state index contributed by atoms with van der Waals surface area (Å²) in [7, 11) is -2.33. The summed E-state index contributed by atoms with van der Waals surface area (Å²) < 4.78 is 47.0. The highest BCUT2D eigenvalue weighted by atomic mass is 32.2. The SMILES string of the molecule is COc1ccccc1OCCCc1ccc(S(N)(=O)=O)cc1F. The lowest BCUT2D eigenvalue weighted by atomic mass is 10.1. The van der Waals surface area contributed by atoms with Crippen molar-refractivity contribution in [2.24, 2.45) is 5.14 Å². The van der Waals surface area contributed by atoms with E-state index in [1.807, 2.05) is 12.1 Å². The monoisotopic (exact) mass is 339 g/mol. The number of nitrogens with two attached hydrogens (primary N) is 1. The van der Waals surface area contributed by atoms with Gasteiger partial charge in [0.1, 0.15) is 5.82 Å². The van der Waals surface area contributed by atoms with Crippen LogP contribution in [0.15, 0.2) is 47.4 Å². The van der Waals surface area contributed by atoms with Crippen LogP contribution in [0.5, 0.6) is 11.5 Å². The molecule has 2 aromatic rings. The van der Waals surface area contributed by atoms with Gasteiger partial charge in [-0.15, -0.1) is 0 Å². The van der Waals surface area contributed by atoms with E-state index in [0.29, 0.717) is 36.5 Å². The third-order valence-corrected chi connectivity index (χ3v) is 4.18. The highest BCUT2D eigenvalue weighted by molar-refractivity contribution is 7.89. The molecule has 0 atom stereocenters. The molecule has 0 aromatic heterocycles. The Hall–Kier alpha value is -2.12. The standard InChI is InChI=1S/C16H18FNO4S/c1-21-15-6-2-3-7-16(15)22-10-4-5-12-8-9-13(11-14(12)17)23(18,19)20/h2-3,6-9,11H,4-5,10H2,1H3,(H2,18,19,20). The molecule has 0 amide bonds. The molecule has 0 radical (unpaired) electrons. The molecule has 0 fully saturated rings. The van der Waals surface area contributed by atoms with Gasteiger partial charge in [0, 0.05) is 0 Å². The number of benzene rings is 2. The van der Waals surface area contributed by atoms with Gasteiger partial charge in [-0.05, 0) is 42.7 Å². The van der Waals surface area contributed by atoms with E-state index in [0.717, 1.165) is 6.07 Å². The Morgan fingerprint density at radius 3 is 2.43 bits per heavy atom. The van der Waals surface area contributed by atoms with Gasteiger partial charge in [-0.25, -0.2) is 17.9 Å². The number of aryl methyl sites for hydroxylation is 1. The smallest absolute Gasteiger partial charge is 0.238 e. The summed E-state index contributed by atoms with van der Waals surface area (Å²) in [5.74, 6) is 0.671. The second kappa shape index (κ2) is 7.43. The van der Waals surface area contributed by atoms with Crippen molar-refractivity contribution in [2.45, 2.75) is 17.7 Å². The minimum Gasteiger partial charge on any atom is -0.493 e. The van der Waals surface area contributed by atoms with Crippen LogP contribution >= 0.6 is 0 Å². The van der Waals surface area contributed by atoms with Crippen molar-refractivity contribution in [2.75, 3.05) is 13.7 Å². The van der Waals surface area contributed by atoms with E-state index < -0.39 is 15.8 Å². The minimum absolute atomic E-state index is 0.232. The Labute approximate surface area is 134 Å². The lowest BCUT2D eigenvalue weighted by Crippen LogP contribution is -2.12. The molecule has 0 heterocycles. The van der Waals surface area contributed by atoms with E-state index in [2.05, 4.69) is 0 Å². The first-order valence-electron chi connectivity index (χ1n) is 6.99. The number of rotatable bonds is 7. The first-order valence-corrected chi connectivity index (χ1v) is 8.53. The van der Waals surface area contributed by atoms with Gasteiger partial charge in [0.25, 0.3) is 0 Å². The van der Waals surface area contributed by atoms with Gasteiger partial charge in [-0.1, -0.05) is 18.2 Å². The van der Waals surface area contributed by atoms with E-state index in [1.54, 1.807) is 19.2 Å². The number of halogens is 1. The first kappa shape index (κ1) is 17.2. The molecule has 7 heteroatoms. The predicted molar refractivity (Wildman–Crippen MR) is 84.6 cm³/mol. The van der Waals surface area contributed by atoms with Crippen LogP contribution in [-0.4, -0.2) is 22.1 Å². The number of para-hydroxylation sites is 2. The highest BCUT2D eigenvalue weighted by Gasteiger charge is 2.11. The lowest BCUT2D eigenvalue weighted by molar-refractivity contribution is 0.289. The second-order valence-electron chi connectivity index (χ2n) is 4.90. The quantitative estimate of drug-likeness (QED) is 0.786. The predicted octanol–water partition coefficient (Wildman–Crippen LogP) is 2.49. The van der Waals surface area contributed by atoms with E-state index >= 15 is 0 Å². The summed E-state index contributed by atoms with van der Waals surface area (Å²) in [5.41, 5.74) is 0.418. The van der Waals surface area contributed by atoms with Crippen LogP contribution < -0.4 is 14.6 Å². The van der Waals surface area contributed by atoms with Crippen LogP contribution in [0, 0.1) is 5.82 Å². The molecule has 2 aromatic carbocycles. The van der Waals surface area contributed by atoms with Crippen LogP contribution in [0.2, 0.25) is 0 Å². The van der Waals surface area contributed by atoms with E-state index in [-0.39, 0.29) is 4.90 Å². The molecule has 5 nitrogen and oxygen atoms in total. The summed E-state index contributed by atoms with van der Waals surface area (Å²) in [6.07, 6.45) is 0.996. The largest absolute Gasteiger partial charge is 0.493 e. The van der Waals surface area contributed by atoms with Crippen LogP contribution in [-0.2, 0) is 16.4 Å². The average molecular weight is 339 g/mol. The van der Waals surface area contributed by atoms with Crippen LogP contribution in [0.4, 0.5) is 4.39 Å². The van der Waals surface area contributed by atoms with Gasteiger partial charge in [0.15, 0.2) is 11.5 Å². The van der Waals surface area contributed by atoms with Gasteiger partial charge < -0.3 is 9.47 Å². The van der Waals surface area contributed by atoms with Crippen LogP contribution in [0.1, 0.15) is 12.0 Å². The molecule has 0 spiro atoms. The number of hydrogen-bond acceptors (Lipinski definition) is 4. The highest BCUT2D eigenvalue weighted by Crippen LogP contribution is 2.26. The molecule has 23 heavy (non-hydrogen) atoms. The minimum atomic E-state index is -3.89. The van der Waals surface area contributed by atoms with Crippen molar-refractivity contribution >= 4 is 10.0 Å². The van der Waals surface area contributed by atoms with Gasteiger partial charge in [0.2, 0.25) is 10.0 Å². The molecule has 2 rings (SSSR count). The molecule has 0 aliphatic rings. The molecule has 0 saturated carbocycles. The fourth-order valence-electron chi connectivity index (χ4n) is 2.09. The van der Waals surface area contributed by atoms with Crippen molar-refractivity contribution in [3.63, 3.8) is 0 Å². The molecular formula is C16H18FNO4S. The third kappa shape index (κ3) is 4.67. The van der Waals surface area contributed by atoms with Gasteiger partial charge in [0.05, 0.1) is 18.6 Å². The van der Waals surface area contributed by atoms with Crippen molar-refractivity contribution in [3.05, 3.63) is 53.8 Å². The normalized spacial score (nSPS) is 11.3. The zero-order chi connectivity index (χ0) is 16.9. The maximum absolute atomic E-state index is 13.9. The summed E-state index contributed by atoms with van der Waals surface area (Å²) in [4.78, 5) is -0.232. The molecule has 0 saturated heterocycles. The van der Waals surface area contributed by atoms with Crippen LogP contribution in [0.3, 0.4) is 0 Å². The van der Waals surface area contributed by atoms with Crippen molar-refractivity contribution in [3.8, 4) is 11.5 Å². The molecule has 0 aliphatic carbocycles. The molecular weight excluding hydrogens is 321 g/mol. The Morgan fingerprint density at radius 1 is 1.13 bits per heavy atom. The Balaban J connectivity index is 1.92. The molecule has 124 valence electrons. The zero-order valence-electron chi connectivity index (χ0n) is 12.7. The molecule has 2 N–H and O–H groups in total. The van der Waals surface area contributed by atoms with Crippen LogP contribution in [0.25, 0.3) is 0 Å². The van der Waals surface area contributed by atoms with Gasteiger partial charge >= 0.3 is 0 Å². The topological polar surface area (TPSA) is 78.6 Å². The van der Waals surface area contributed by atoms with E-state index in [1.165, 1.54) is 12.1 Å². The number of sulfonamides is 1. The number of ether oxygens (including phenoxy) is 2. The number of primary sulfonamides is 1. The summed E-state index contributed by atoms with van der Waals surface area (Å²) in [6, 6.07) is 10.9. The van der Waals surface area contributed by atoms with Gasteiger partial charge in [-0.3, -0.25) is 0 Å². The van der Waals surface area contributed by atoms with Gasteiger partial charge in [-0.2, -0.15) is 0 Å². The summed E-state index contributed by atoms with van der Waals surface area (Å²) in [5, 5.41) is 4.96. The Bertz CT molecular complexity index is 777. The third-order valence-electron chi connectivity index (χ3n) is 3.27. The van der Waals surface area contributed by atoms with Crippen molar-refractivity contribution in [1.82, 2.24) is 0 Å². The van der Waals surface area contributed by atoms with E-state index in [9.17, 15) is 12.8 Å². The number of hydrogen-bond donors (Lipinski definition) is 1. The molecule has 0 aliphatic heterocycles. The second-order valence-corrected chi connectivity index (χ2v) is 6.46. The summed E-state index contributed by atoms with van der Waals surface area (Å²) in [6.45, 7) is 0.386. The lowest BCUT2D eigenvalue weighted by Gasteiger charge is -2.10. The summed E-state index contributed by atoms with van der Waals surface area (Å²) >= 11 is 0. The fraction of sp³-hybridized carbons (Fsp3) is 0.250. The fourth-order valence-corrected chi connectivity index (χ4v) is 2.62. The van der Waals surface area contributed by atoms with Crippen molar-refractivity contribution < 1.29 is 22.3 Å². The zero-order valence-corrected chi connectivity index (χ0v) is 13.5. The molecule has 0 unspecified atom stereocenters.